The third-order valence-corrected chi connectivity index (χ3v) is 3.02. The minimum atomic E-state index is 0.594. The van der Waals surface area contributed by atoms with Crippen molar-refractivity contribution in [2.45, 2.75) is 0 Å². The molecule has 2 aromatic heterocycles. The molecule has 0 aliphatic rings. The van der Waals surface area contributed by atoms with E-state index in [-0.39, 0.29) is 0 Å². The molecule has 0 radical (unpaired) electrons. The van der Waals surface area contributed by atoms with E-state index in [1.54, 1.807) is 12.5 Å². The van der Waals surface area contributed by atoms with Crippen molar-refractivity contribution in [3.05, 3.63) is 54.9 Å². The molecule has 0 spiro atoms. The van der Waals surface area contributed by atoms with Crippen molar-refractivity contribution in [2.24, 2.45) is 0 Å². The van der Waals surface area contributed by atoms with Crippen molar-refractivity contribution >= 4 is 22.1 Å². The van der Waals surface area contributed by atoms with Gasteiger partial charge in [0.05, 0.1) is 28.3 Å². The molecule has 0 amide bonds. The lowest BCUT2D eigenvalue weighted by atomic mass is 10.2. The zero-order chi connectivity index (χ0) is 12.7. The van der Waals surface area contributed by atoms with Crippen LogP contribution in [0.25, 0.3) is 33.5 Å². The zero-order valence-electron chi connectivity index (χ0n) is 9.95. The van der Waals surface area contributed by atoms with Crippen molar-refractivity contribution in [3.8, 4) is 11.5 Å². The fourth-order valence-electron chi connectivity index (χ4n) is 2.12. The summed E-state index contributed by atoms with van der Waals surface area (Å²) >= 11 is 0. The predicted molar refractivity (Wildman–Crippen MR) is 72.5 cm³/mol. The molecule has 4 rings (SSSR count). The van der Waals surface area contributed by atoms with E-state index in [9.17, 15) is 0 Å². The highest BCUT2D eigenvalue weighted by Crippen LogP contribution is 2.22. The topological polar surface area (TPSA) is 51.8 Å². The van der Waals surface area contributed by atoms with Crippen molar-refractivity contribution in [2.75, 3.05) is 0 Å². The molecule has 4 heteroatoms. The number of para-hydroxylation sites is 2. The largest absolute Gasteiger partial charge is 0.445 e. The molecule has 0 saturated heterocycles. The third-order valence-electron chi connectivity index (χ3n) is 3.02. The molecule has 2 heterocycles. The van der Waals surface area contributed by atoms with Crippen LogP contribution in [-0.4, -0.2) is 15.0 Å². The smallest absolute Gasteiger partial charge is 0.225 e. The molecule has 0 aliphatic carbocycles. The molecule has 2 aromatic carbocycles. The lowest BCUT2D eigenvalue weighted by Crippen LogP contribution is -1.88. The summed E-state index contributed by atoms with van der Waals surface area (Å²) < 4.78 is 5.30. The van der Waals surface area contributed by atoms with Crippen molar-refractivity contribution in [3.63, 3.8) is 0 Å². The second kappa shape index (κ2) is 3.88. The van der Waals surface area contributed by atoms with Gasteiger partial charge in [-0.25, -0.2) is 15.0 Å². The van der Waals surface area contributed by atoms with E-state index in [0.29, 0.717) is 5.89 Å². The number of oxazole rings is 1. The Balaban J connectivity index is 2.00. The molecule has 19 heavy (non-hydrogen) atoms. The summed E-state index contributed by atoms with van der Waals surface area (Å²) in [5.74, 6) is 0.594. The van der Waals surface area contributed by atoms with E-state index in [1.807, 2.05) is 42.5 Å². The van der Waals surface area contributed by atoms with E-state index in [0.717, 1.165) is 27.6 Å². The maximum atomic E-state index is 5.30. The normalized spacial score (nSPS) is 11.2. The first kappa shape index (κ1) is 10.2. The van der Waals surface area contributed by atoms with Crippen LogP contribution in [0.1, 0.15) is 0 Å². The number of fused-ring (bicyclic) bond motifs is 2. The quantitative estimate of drug-likeness (QED) is 0.483. The molecule has 90 valence electrons. The Morgan fingerprint density at radius 3 is 2.26 bits per heavy atom. The third kappa shape index (κ3) is 1.65. The molecule has 0 fully saturated rings. The predicted octanol–water partition coefficient (Wildman–Crippen LogP) is 3.44. The van der Waals surface area contributed by atoms with Gasteiger partial charge in [-0.15, -0.1) is 0 Å². The summed E-state index contributed by atoms with van der Waals surface area (Å²) in [6, 6.07) is 13.7. The van der Waals surface area contributed by atoms with E-state index in [2.05, 4.69) is 15.0 Å². The first-order chi connectivity index (χ1) is 9.40. The van der Waals surface area contributed by atoms with Crippen molar-refractivity contribution < 1.29 is 4.42 Å². The number of aromatic nitrogens is 3. The fourth-order valence-corrected chi connectivity index (χ4v) is 2.12. The van der Waals surface area contributed by atoms with Gasteiger partial charge >= 0.3 is 0 Å². The average molecular weight is 247 g/mol. The van der Waals surface area contributed by atoms with Gasteiger partial charge in [0.2, 0.25) is 5.89 Å². The van der Waals surface area contributed by atoms with E-state index in [4.69, 9.17) is 4.42 Å². The molecule has 0 N–H and O–H groups in total. The average Bonchev–Trinajstić information content (AvgIpc) is 2.98. The Morgan fingerprint density at radius 2 is 1.53 bits per heavy atom. The van der Waals surface area contributed by atoms with Crippen LogP contribution < -0.4 is 0 Å². The lowest BCUT2D eigenvalue weighted by Gasteiger charge is -2.02. The Kier molecular flexibility index (Phi) is 2.08. The van der Waals surface area contributed by atoms with Gasteiger partial charge in [-0.3, -0.25) is 0 Å². The van der Waals surface area contributed by atoms with Gasteiger partial charge in [-0.1, -0.05) is 12.1 Å². The van der Waals surface area contributed by atoms with Crippen LogP contribution in [0.2, 0.25) is 0 Å². The molecular weight excluding hydrogens is 238 g/mol. The van der Waals surface area contributed by atoms with Gasteiger partial charge in [0.15, 0.2) is 0 Å². The zero-order valence-corrected chi connectivity index (χ0v) is 9.95. The summed E-state index contributed by atoms with van der Waals surface area (Å²) in [4.78, 5) is 13.3. The van der Waals surface area contributed by atoms with Gasteiger partial charge in [-0.2, -0.15) is 0 Å². The Bertz CT molecular complexity index is 869. The van der Waals surface area contributed by atoms with E-state index < -0.39 is 0 Å². The van der Waals surface area contributed by atoms with Crippen LogP contribution in [-0.2, 0) is 0 Å². The van der Waals surface area contributed by atoms with Gasteiger partial charge in [0, 0.05) is 5.56 Å². The molecule has 4 aromatic rings. The van der Waals surface area contributed by atoms with Gasteiger partial charge in [0.1, 0.15) is 6.26 Å². The number of benzene rings is 2. The molecule has 0 unspecified atom stereocenters. The summed E-state index contributed by atoms with van der Waals surface area (Å²) in [7, 11) is 0. The second-order valence-corrected chi connectivity index (χ2v) is 4.25. The van der Waals surface area contributed by atoms with Crippen LogP contribution in [0.4, 0.5) is 0 Å². The minimum absolute atomic E-state index is 0.594. The fraction of sp³-hybridized carbons (Fsp3) is 0. The van der Waals surface area contributed by atoms with Crippen molar-refractivity contribution in [1.82, 2.24) is 15.0 Å². The summed E-state index contributed by atoms with van der Waals surface area (Å²) in [5.41, 5.74) is 4.41. The van der Waals surface area contributed by atoms with Crippen LogP contribution in [0.3, 0.4) is 0 Å². The van der Waals surface area contributed by atoms with Crippen LogP contribution in [0.15, 0.2) is 59.3 Å². The second-order valence-electron chi connectivity index (χ2n) is 4.25. The first-order valence-electron chi connectivity index (χ1n) is 5.96. The van der Waals surface area contributed by atoms with Crippen LogP contribution in [0.5, 0.6) is 0 Å². The molecule has 0 aliphatic heterocycles. The molecular formula is C15H9N3O. The van der Waals surface area contributed by atoms with Gasteiger partial charge in [-0.05, 0) is 30.3 Å². The Hall–Kier alpha value is -2.75. The monoisotopic (exact) mass is 247 g/mol. The maximum Gasteiger partial charge on any atom is 0.225 e. The van der Waals surface area contributed by atoms with E-state index in [1.165, 1.54) is 0 Å². The number of rotatable bonds is 1. The van der Waals surface area contributed by atoms with Crippen LogP contribution in [0, 0.1) is 0 Å². The highest BCUT2D eigenvalue weighted by Gasteiger charge is 2.06. The minimum Gasteiger partial charge on any atom is -0.445 e. The van der Waals surface area contributed by atoms with Crippen LogP contribution >= 0.6 is 0 Å². The Morgan fingerprint density at radius 1 is 0.789 bits per heavy atom. The summed E-state index contributed by atoms with van der Waals surface area (Å²) in [6.07, 6.45) is 3.19. The Labute approximate surface area is 108 Å². The number of hydrogen-bond donors (Lipinski definition) is 0. The highest BCUT2D eigenvalue weighted by atomic mass is 16.3. The SMILES string of the molecule is c1ccc2nc3cc(-c4ncco4)ccc3nc2c1. The van der Waals surface area contributed by atoms with Crippen molar-refractivity contribution in [1.29, 1.82) is 0 Å². The van der Waals surface area contributed by atoms with E-state index >= 15 is 0 Å². The molecule has 0 saturated carbocycles. The molecule has 4 nitrogen and oxygen atoms in total. The van der Waals surface area contributed by atoms with Gasteiger partial charge in [0.25, 0.3) is 0 Å². The van der Waals surface area contributed by atoms with Gasteiger partial charge < -0.3 is 4.42 Å². The summed E-state index contributed by atoms with van der Waals surface area (Å²) in [6.45, 7) is 0. The first-order valence-corrected chi connectivity index (χ1v) is 5.96. The maximum absolute atomic E-state index is 5.30. The molecule has 0 bridgehead atoms. The standard InChI is InChI=1S/C15H9N3O/c1-2-4-12-11(3-1)17-13-6-5-10(9-14(13)18-12)15-16-7-8-19-15/h1-9H. The summed E-state index contributed by atoms with van der Waals surface area (Å²) in [5, 5.41) is 0. The lowest BCUT2D eigenvalue weighted by molar-refractivity contribution is 0.574. The number of hydrogen-bond acceptors (Lipinski definition) is 4. The number of nitrogens with zero attached hydrogens (tertiary/aromatic N) is 3. The highest BCUT2D eigenvalue weighted by molar-refractivity contribution is 5.88. The molecule has 0 atom stereocenters.